The zero-order chi connectivity index (χ0) is 10.4. The number of nitriles is 1. The maximum Gasteiger partial charge on any atom is 0.212 e. The molecule has 0 spiro atoms. The molecule has 0 aliphatic rings. The maximum atomic E-state index is 8.63. The van der Waals surface area contributed by atoms with Crippen molar-refractivity contribution in [1.29, 1.82) is 5.26 Å². The van der Waals surface area contributed by atoms with Crippen molar-refractivity contribution in [2.24, 2.45) is 0 Å². The van der Waals surface area contributed by atoms with Gasteiger partial charge >= 0.3 is 0 Å². The van der Waals surface area contributed by atoms with Crippen molar-refractivity contribution in [2.75, 3.05) is 7.11 Å². The van der Waals surface area contributed by atoms with Gasteiger partial charge in [0.15, 0.2) is 0 Å². The minimum atomic E-state index is 0.290. The van der Waals surface area contributed by atoms with Crippen LogP contribution < -0.4 is 4.74 Å². The summed E-state index contributed by atoms with van der Waals surface area (Å²) >= 11 is 0. The Balaban J connectivity index is 2.79. The fraction of sp³-hybridized carbons (Fsp3) is 0.455. The summed E-state index contributed by atoms with van der Waals surface area (Å²) in [5, 5.41) is 8.63. The lowest BCUT2D eigenvalue weighted by atomic mass is 9.95. The Labute approximate surface area is 84.3 Å². The second-order valence-electron chi connectivity index (χ2n) is 3.10. The van der Waals surface area contributed by atoms with E-state index in [0.29, 0.717) is 18.2 Å². The van der Waals surface area contributed by atoms with Crippen LogP contribution in [-0.4, -0.2) is 12.1 Å². The third-order valence-electron chi connectivity index (χ3n) is 2.27. The summed E-state index contributed by atoms with van der Waals surface area (Å²) < 4.78 is 4.97. The summed E-state index contributed by atoms with van der Waals surface area (Å²) in [6.45, 7) is 2.08. The highest BCUT2D eigenvalue weighted by Crippen LogP contribution is 2.22. The predicted molar refractivity (Wildman–Crippen MR) is 54.1 cm³/mol. The Hall–Kier alpha value is -1.56. The Morgan fingerprint density at radius 1 is 1.57 bits per heavy atom. The van der Waals surface area contributed by atoms with Gasteiger partial charge in [-0.25, -0.2) is 4.98 Å². The average Bonchev–Trinajstić information content (AvgIpc) is 2.26. The van der Waals surface area contributed by atoms with E-state index >= 15 is 0 Å². The second-order valence-corrected chi connectivity index (χ2v) is 3.10. The molecule has 14 heavy (non-hydrogen) atoms. The average molecular weight is 190 g/mol. The normalized spacial score (nSPS) is 11.8. The Kier molecular flexibility index (Phi) is 3.93. The topological polar surface area (TPSA) is 45.9 Å². The number of pyridine rings is 1. The molecule has 0 radical (unpaired) electrons. The van der Waals surface area contributed by atoms with Crippen molar-refractivity contribution in [1.82, 2.24) is 4.98 Å². The van der Waals surface area contributed by atoms with E-state index in [1.165, 1.54) is 0 Å². The number of hydrogen-bond donors (Lipinski definition) is 0. The number of nitrogens with zero attached hydrogens (tertiary/aromatic N) is 2. The van der Waals surface area contributed by atoms with Crippen LogP contribution in [-0.2, 0) is 0 Å². The summed E-state index contributed by atoms with van der Waals surface area (Å²) in [6.07, 6.45) is 3.29. The minimum absolute atomic E-state index is 0.290. The smallest absolute Gasteiger partial charge is 0.212 e. The zero-order valence-corrected chi connectivity index (χ0v) is 8.53. The highest BCUT2D eigenvalue weighted by Gasteiger charge is 2.08. The van der Waals surface area contributed by atoms with Gasteiger partial charge in [0.05, 0.1) is 13.2 Å². The van der Waals surface area contributed by atoms with E-state index in [4.69, 9.17) is 10.00 Å². The van der Waals surface area contributed by atoms with Crippen LogP contribution in [0.4, 0.5) is 0 Å². The molecule has 0 aliphatic carbocycles. The fourth-order valence-corrected chi connectivity index (χ4v) is 1.36. The third kappa shape index (κ3) is 2.46. The van der Waals surface area contributed by atoms with Gasteiger partial charge in [0.25, 0.3) is 0 Å². The van der Waals surface area contributed by atoms with Crippen molar-refractivity contribution in [3.63, 3.8) is 0 Å². The largest absolute Gasteiger partial charge is 0.481 e. The highest BCUT2D eigenvalue weighted by atomic mass is 16.5. The molecular weight excluding hydrogens is 176 g/mol. The van der Waals surface area contributed by atoms with E-state index in [1.54, 1.807) is 13.3 Å². The van der Waals surface area contributed by atoms with Crippen LogP contribution in [0, 0.1) is 11.3 Å². The van der Waals surface area contributed by atoms with Gasteiger partial charge in [-0.05, 0) is 17.9 Å². The molecule has 1 aromatic heterocycles. The first-order valence-electron chi connectivity index (χ1n) is 4.68. The molecule has 0 aromatic carbocycles. The van der Waals surface area contributed by atoms with Gasteiger partial charge in [-0.3, -0.25) is 0 Å². The summed E-state index contributed by atoms with van der Waals surface area (Å²) in [6, 6.07) is 5.99. The molecule has 3 nitrogen and oxygen atoms in total. The molecule has 1 rings (SSSR count). The van der Waals surface area contributed by atoms with Crippen LogP contribution in [0.15, 0.2) is 18.3 Å². The number of rotatable bonds is 4. The summed E-state index contributed by atoms with van der Waals surface area (Å²) in [7, 11) is 1.59. The first kappa shape index (κ1) is 10.5. The Morgan fingerprint density at radius 2 is 2.36 bits per heavy atom. The van der Waals surface area contributed by atoms with E-state index < -0.39 is 0 Å². The molecule has 0 amide bonds. The molecule has 0 saturated heterocycles. The fourth-order valence-electron chi connectivity index (χ4n) is 1.36. The van der Waals surface area contributed by atoms with Crippen LogP contribution in [0.5, 0.6) is 5.88 Å². The highest BCUT2D eigenvalue weighted by molar-refractivity contribution is 5.21. The third-order valence-corrected chi connectivity index (χ3v) is 2.27. The lowest BCUT2D eigenvalue weighted by Gasteiger charge is -2.10. The molecule has 0 saturated carbocycles. The first-order chi connectivity index (χ1) is 6.81. The molecule has 1 heterocycles. The van der Waals surface area contributed by atoms with Crippen molar-refractivity contribution in [3.8, 4) is 11.9 Å². The Bertz CT molecular complexity index is 313. The van der Waals surface area contributed by atoms with E-state index in [2.05, 4.69) is 18.0 Å². The van der Waals surface area contributed by atoms with Crippen molar-refractivity contribution < 1.29 is 4.74 Å². The molecule has 74 valence electrons. The van der Waals surface area contributed by atoms with Crippen LogP contribution in [0.2, 0.25) is 0 Å². The monoisotopic (exact) mass is 190 g/mol. The summed E-state index contributed by atoms with van der Waals surface area (Å²) in [5.74, 6) is 0.902. The van der Waals surface area contributed by atoms with E-state index in [9.17, 15) is 0 Å². The van der Waals surface area contributed by atoms with Gasteiger partial charge in [0.1, 0.15) is 0 Å². The van der Waals surface area contributed by atoms with Gasteiger partial charge in [-0.2, -0.15) is 5.26 Å². The van der Waals surface area contributed by atoms with Gasteiger partial charge in [-0.1, -0.05) is 13.0 Å². The minimum Gasteiger partial charge on any atom is -0.481 e. The molecule has 1 atom stereocenters. The quantitative estimate of drug-likeness (QED) is 0.732. The molecule has 3 heteroatoms. The van der Waals surface area contributed by atoms with Crippen molar-refractivity contribution in [2.45, 2.75) is 25.7 Å². The number of methoxy groups -OCH3 is 1. The molecule has 1 aromatic rings. The lowest BCUT2D eigenvalue weighted by molar-refractivity contribution is 0.397. The molecule has 0 N–H and O–H groups in total. The predicted octanol–water partition coefficient (Wildman–Crippen LogP) is 2.50. The SMILES string of the molecule is CCC(CC#N)c1ccc(OC)nc1. The molecule has 0 aliphatic heterocycles. The van der Waals surface area contributed by atoms with Crippen LogP contribution in [0.3, 0.4) is 0 Å². The van der Waals surface area contributed by atoms with Gasteiger partial charge in [-0.15, -0.1) is 0 Å². The maximum absolute atomic E-state index is 8.63. The van der Waals surface area contributed by atoms with E-state index in [-0.39, 0.29) is 0 Å². The van der Waals surface area contributed by atoms with Crippen molar-refractivity contribution >= 4 is 0 Å². The summed E-state index contributed by atoms with van der Waals surface area (Å²) in [5.41, 5.74) is 1.11. The number of hydrogen-bond acceptors (Lipinski definition) is 3. The molecular formula is C11H14N2O. The Morgan fingerprint density at radius 3 is 2.79 bits per heavy atom. The summed E-state index contributed by atoms with van der Waals surface area (Å²) in [4.78, 5) is 4.12. The molecule has 0 fully saturated rings. The van der Waals surface area contributed by atoms with Gasteiger partial charge in [0.2, 0.25) is 5.88 Å². The van der Waals surface area contributed by atoms with Crippen LogP contribution >= 0.6 is 0 Å². The zero-order valence-electron chi connectivity index (χ0n) is 8.53. The van der Waals surface area contributed by atoms with E-state index in [0.717, 1.165) is 12.0 Å². The molecule has 0 bridgehead atoms. The van der Waals surface area contributed by atoms with Gasteiger partial charge < -0.3 is 4.74 Å². The van der Waals surface area contributed by atoms with Crippen molar-refractivity contribution in [3.05, 3.63) is 23.9 Å². The number of ether oxygens (including phenoxy) is 1. The standard InChI is InChI=1S/C11H14N2O/c1-3-9(6-7-12)10-4-5-11(14-2)13-8-10/h4-5,8-9H,3,6H2,1-2H3. The second kappa shape index (κ2) is 5.23. The first-order valence-corrected chi connectivity index (χ1v) is 4.68. The lowest BCUT2D eigenvalue weighted by Crippen LogP contribution is -1.97. The van der Waals surface area contributed by atoms with Gasteiger partial charge in [0, 0.05) is 18.7 Å². The van der Waals surface area contributed by atoms with E-state index in [1.807, 2.05) is 12.1 Å². The van der Waals surface area contributed by atoms with Crippen LogP contribution in [0.1, 0.15) is 31.2 Å². The van der Waals surface area contributed by atoms with Crippen LogP contribution in [0.25, 0.3) is 0 Å². The molecule has 1 unspecified atom stereocenters. The number of aromatic nitrogens is 1.